The summed E-state index contributed by atoms with van der Waals surface area (Å²) < 4.78 is 5.77. The van der Waals surface area contributed by atoms with Gasteiger partial charge in [-0.2, -0.15) is 0 Å². The van der Waals surface area contributed by atoms with Crippen molar-refractivity contribution in [2.75, 3.05) is 0 Å². The molecule has 0 unspecified atom stereocenters. The molecule has 126 valence electrons. The number of carbonyl (C=O) groups is 1. The van der Waals surface area contributed by atoms with Crippen LogP contribution in [0.2, 0.25) is 0 Å². The molecule has 2 nitrogen and oxygen atoms in total. The van der Waals surface area contributed by atoms with Crippen LogP contribution in [0.1, 0.15) is 47.4 Å². The van der Waals surface area contributed by atoms with E-state index in [9.17, 15) is 4.79 Å². The molecular weight excluding hydrogens is 363 g/mol. The maximum atomic E-state index is 11.6. The first-order chi connectivity index (χ1) is 11.7. The van der Waals surface area contributed by atoms with E-state index in [4.69, 9.17) is 4.74 Å². The summed E-state index contributed by atoms with van der Waals surface area (Å²) in [6.07, 6.45) is 2.00. The second-order valence-corrected chi connectivity index (χ2v) is 9.15. The van der Waals surface area contributed by atoms with Gasteiger partial charge in [0, 0.05) is 0 Å². The molecule has 0 aliphatic carbocycles. The normalized spacial score (nSPS) is 26.8. The number of ether oxygens (including phenoxy) is 1. The third kappa shape index (κ3) is 3.91. The Hall–Kier alpha value is -1.57. The Morgan fingerprint density at radius 2 is 1.62 bits per heavy atom. The van der Waals surface area contributed by atoms with Crippen molar-refractivity contribution in [2.45, 2.75) is 42.4 Å². The van der Waals surface area contributed by atoms with Crippen LogP contribution < -0.4 is 0 Å². The third-order valence-electron chi connectivity index (χ3n) is 4.71. The Bertz CT molecular complexity index is 656. The van der Waals surface area contributed by atoms with E-state index in [1.54, 1.807) is 0 Å². The van der Waals surface area contributed by atoms with E-state index in [0.29, 0.717) is 30.5 Å². The fourth-order valence-electron chi connectivity index (χ4n) is 3.59. The average Bonchev–Trinajstić information content (AvgIpc) is 2.62. The molecule has 0 radical (unpaired) electrons. The average molecular weight is 387 g/mol. The molecule has 1 fully saturated rings. The zero-order valence-electron chi connectivity index (χ0n) is 14.2. The van der Waals surface area contributed by atoms with E-state index in [1.165, 1.54) is 18.1 Å². The summed E-state index contributed by atoms with van der Waals surface area (Å²) in [5.74, 6) is 0.253. The fraction of sp³-hybridized carbons (Fsp3) is 0.381. The van der Waals surface area contributed by atoms with Crippen molar-refractivity contribution in [3.8, 4) is 0 Å². The summed E-state index contributed by atoms with van der Waals surface area (Å²) in [6, 6.07) is 21.5. The van der Waals surface area contributed by atoms with Gasteiger partial charge in [0.2, 0.25) is 0 Å². The van der Waals surface area contributed by atoms with Crippen molar-refractivity contribution in [1.29, 1.82) is 0 Å². The summed E-state index contributed by atoms with van der Waals surface area (Å²) in [7, 11) is 0. The number of rotatable bonds is 4. The molecule has 1 heterocycles. The van der Waals surface area contributed by atoms with Crippen LogP contribution in [0.15, 0.2) is 60.7 Å². The second-order valence-electron chi connectivity index (χ2n) is 6.32. The van der Waals surface area contributed by atoms with Gasteiger partial charge in [0.25, 0.3) is 0 Å². The van der Waals surface area contributed by atoms with Gasteiger partial charge in [0.05, 0.1) is 0 Å². The molecule has 2 aromatic rings. The van der Waals surface area contributed by atoms with Gasteiger partial charge in [0.15, 0.2) is 0 Å². The first-order valence-corrected chi connectivity index (χ1v) is 10.6. The standard InChI is InChI=1S/C21H24O2Se/c1-3-18-19(23-15(2)22)14-20(16-10-6-4-7-11-16)24-21(18)17-12-8-5-9-13-17/h4-13,18-21H,3,14H2,1-2H3/t18-,19-,20+,21+/m1/s1. The van der Waals surface area contributed by atoms with E-state index in [-0.39, 0.29) is 12.1 Å². The van der Waals surface area contributed by atoms with E-state index in [2.05, 4.69) is 67.6 Å². The van der Waals surface area contributed by atoms with Gasteiger partial charge in [-0.3, -0.25) is 0 Å². The van der Waals surface area contributed by atoms with Gasteiger partial charge < -0.3 is 0 Å². The Kier molecular flexibility index (Phi) is 5.76. The number of hydrogen-bond donors (Lipinski definition) is 0. The maximum absolute atomic E-state index is 11.6. The SMILES string of the molecule is CC[C@@H]1[C@H](OC(C)=O)C[C@@H](c2ccccc2)[Se][C@H]1c1ccccc1. The number of carbonyl (C=O) groups excluding carboxylic acids is 1. The number of hydrogen-bond acceptors (Lipinski definition) is 2. The van der Waals surface area contributed by atoms with Gasteiger partial charge >= 0.3 is 151 Å². The predicted octanol–water partition coefficient (Wildman–Crippen LogP) is 4.53. The molecule has 0 bridgehead atoms. The van der Waals surface area contributed by atoms with Gasteiger partial charge in [-0.25, -0.2) is 0 Å². The molecule has 4 atom stereocenters. The fourth-order valence-corrected chi connectivity index (χ4v) is 7.48. The van der Waals surface area contributed by atoms with Crippen molar-refractivity contribution < 1.29 is 9.53 Å². The zero-order chi connectivity index (χ0) is 16.9. The molecule has 1 aliphatic heterocycles. The van der Waals surface area contributed by atoms with E-state index >= 15 is 0 Å². The first kappa shape index (κ1) is 17.3. The minimum atomic E-state index is -0.161. The van der Waals surface area contributed by atoms with Crippen LogP contribution in [0, 0.1) is 5.92 Å². The molecule has 1 saturated heterocycles. The number of esters is 1. The monoisotopic (exact) mass is 388 g/mol. The second kappa shape index (κ2) is 8.00. The van der Waals surface area contributed by atoms with Gasteiger partial charge in [-0.15, -0.1) is 0 Å². The Morgan fingerprint density at radius 1 is 1.04 bits per heavy atom. The Labute approximate surface area is 150 Å². The summed E-state index contributed by atoms with van der Waals surface area (Å²) in [4.78, 5) is 12.6. The molecule has 0 aromatic heterocycles. The molecule has 0 spiro atoms. The molecule has 3 rings (SSSR count). The number of benzene rings is 2. The van der Waals surface area contributed by atoms with E-state index in [1.807, 2.05) is 0 Å². The molecule has 0 saturated carbocycles. The predicted molar refractivity (Wildman–Crippen MR) is 98.1 cm³/mol. The van der Waals surface area contributed by atoms with Crippen molar-refractivity contribution in [2.24, 2.45) is 5.92 Å². The Balaban J connectivity index is 1.93. The van der Waals surface area contributed by atoms with Gasteiger partial charge in [-0.1, -0.05) is 0 Å². The summed E-state index contributed by atoms with van der Waals surface area (Å²) in [6.45, 7) is 3.75. The van der Waals surface area contributed by atoms with Crippen LogP contribution in [-0.2, 0) is 9.53 Å². The van der Waals surface area contributed by atoms with Crippen molar-refractivity contribution in [3.05, 3.63) is 71.8 Å². The van der Waals surface area contributed by atoms with Crippen LogP contribution >= 0.6 is 0 Å². The minimum absolute atomic E-state index is 0.0125. The Morgan fingerprint density at radius 3 is 2.17 bits per heavy atom. The van der Waals surface area contributed by atoms with Crippen LogP contribution in [0.4, 0.5) is 0 Å². The molecule has 3 heteroatoms. The molecule has 24 heavy (non-hydrogen) atoms. The van der Waals surface area contributed by atoms with E-state index < -0.39 is 0 Å². The summed E-state index contributed by atoms with van der Waals surface area (Å²) in [5, 5.41) is 0. The van der Waals surface area contributed by atoms with Crippen LogP contribution in [-0.4, -0.2) is 27.0 Å². The van der Waals surface area contributed by atoms with Crippen LogP contribution in [0.3, 0.4) is 0 Å². The van der Waals surface area contributed by atoms with Gasteiger partial charge in [-0.05, 0) is 0 Å². The van der Waals surface area contributed by atoms with E-state index in [0.717, 1.165) is 12.8 Å². The quantitative estimate of drug-likeness (QED) is 0.569. The molecule has 1 aliphatic rings. The molecule has 0 N–H and O–H groups in total. The third-order valence-corrected chi connectivity index (χ3v) is 8.30. The van der Waals surface area contributed by atoms with Gasteiger partial charge in [0.1, 0.15) is 0 Å². The van der Waals surface area contributed by atoms with Crippen molar-refractivity contribution in [3.63, 3.8) is 0 Å². The van der Waals surface area contributed by atoms with Crippen molar-refractivity contribution in [1.82, 2.24) is 0 Å². The van der Waals surface area contributed by atoms with Crippen LogP contribution in [0.5, 0.6) is 0 Å². The first-order valence-electron chi connectivity index (χ1n) is 8.61. The summed E-state index contributed by atoms with van der Waals surface area (Å²) in [5.41, 5.74) is 2.77. The molecule has 2 aromatic carbocycles. The zero-order valence-corrected chi connectivity index (χ0v) is 15.9. The molecule has 0 amide bonds. The van der Waals surface area contributed by atoms with Crippen molar-refractivity contribution >= 4 is 20.9 Å². The molecular formula is C21H24O2Se. The summed E-state index contributed by atoms with van der Waals surface area (Å²) >= 11 is 0.444. The van der Waals surface area contributed by atoms with Crippen LogP contribution in [0.25, 0.3) is 0 Å². The topological polar surface area (TPSA) is 26.3 Å².